The highest BCUT2D eigenvalue weighted by Crippen LogP contribution is 2.45. The quantitative estimate of drug-likeness (QED) is 0.804. The maximum atomic E-state index is 6.17. The Hall–Kier alpha value is -1.12. The largest absolute Gasteiger partial charge is 0.324 e. The normalized spacial score (nSPS) is 18.3. The zero-order chi connectivity index (χ0) is 15.2. The SMILES string of the molecule is Cc1c(-c2ccccc2[C@H](C)N)sc2c1CC(C)(C)CC2. The minimum Gasteiger partial charge on any atom is -0.324 e. The topological polar surface area (TPSA) is 26.0 Å². The summed E-state index contributed by atoms with van der Waals surface area (Å²) in [4.78, 5) is 3.03. The van der Waals surface area contributed by atoms with E-state index in [1.54, 1.807) is 10.4 Å². The molecule has 2 heteroatoms. The fourth-order valence-electron chi connectivity index (χ4n) is 3.42. The molecule has 112 valence electrons. The first-order chi connectivity index (χ1) is 9.89. The Morgan fingerprint density at radius 3 is 2.67 bits per heavy atom. The van der Waals surface area contributed by atoms with E-state index in [9.17, 15) is 0 Å². The van der Waals surface area contributed by atoms with Crippen LogP contribution >= 0.6 is 11.3 Å². The van der Waals surface area contributed by atoms with Gasteiger partial charge in [-0.1, -0.05) is 38.1 Å². The third kappa shape index (κ3) is 2.67. The Bertz CT molecular complexity index is 664. The molecule has 2 N–H and O–H groups in total. The molecule has 0 bridgehead atoms. The second kappa shape index (κ2) is 5.26. The highest BCUT2D eigenvalue weighted by molar-refractivity contribution is 7.16. The number of fused-ring (bicyclic) bond motifs is 1. The van der Waals surface area contributed by atoms with Crippen molar-refractivity contribution in [3.8, 4) is 10.4 Å². The van der Waals surface area contributed by atoms with Crippen molar-refractivity contribution in [2.75, 3.05) is 0 Å². The van der Waals surface area contributed by atoms with Crippen molar-refractivity contribution in [1.29, 1.82) is 0 Å². The fraction of sp³-hybridized carbons (Fsp3) is 0.474. The lowest BCUT2D eigenvalue weighted by Crippen LogP contribution is -2.21. The standard InChI is InChI=1S/C19H25NS/c1-12-16-11-19(3,4)10-9-17(16)21-18(12)15-8-6-5-7-14(15)13(2)20/h5-8,13H,9-11,20H2,1-4H3/t13-/m0/s1. The van der Waals surface area contributed by atoms with E-state index in [4.69, 9.17) is 5.73 Å². The molecule has 0 amide bonds. The molecule has 0 saturated carbocycles. The van der Waals surface area contributed by atoms with Crippen molar-refractivity contribution in [3.63, 3.8) is 0 Å². The highest BCUT2D eigenvalue weighted by atomic mass is 32.1. The van der Waals surface area contributed by atoms with Gasteiger partial charge in [0, 0.05) is 15.8 Å². The van der Waals surface area contributed by atoms with Gasteiger partial charge in [-0.2, -0.15) is 0 Å². The van der Waals surface area contributed by atoms with Crippen molar-refractivity contribution in [2.45, 2.75) is 53.0 Å². The summed E-state index contributed by atoms with van der Waals surface area (Å²) in [5.41, 5.74) is 12.3. The summed E-state index contributed by atoms with van der Waals surface area (Å²) in [5, 5.41) is 0. The van der Waals surface area contributed by atoms with Crippen LogP contribution in [0.2, 0.25) is 0 Å². The average Bonchev–Trinajstić information content (AvgIpc) is 2.75. The third-order valence-electron chi connectivity index (χ3n) is 4.74. The van der Waals surface area contributed by atoms with Gasteiger partial charge in [0.15, 0.2) is 0 Å². The van der Waals surface area contributed by atoms with Gasteiger partial charge in [-0.3, -0.25) is 0 Å². The maximum Gasteiger partial charge on any atom is 0.0381 e. The van der Waals surface area contributed by atoms with Gasteiger partial charge in [0.2, 0.25) is 0 Å². The minimum absolute atomic E-state index is 0.0798. The molecule has 1 aromatic carbocycles. The Morgan fingerprint density at radius 1 is 1.24 bits per heavy atom. The molecular formula is C19H25NS. The van der Waals surface area contributed by atoms with Gasteiger partial charge in [0.05, 0.1) is 0 Å². The molecule has 1 nitrogen and oxygen atoms in total. The van der Waals surface area contributed by atoms with Gasteiger partial charge in [0.1, 0.15) is 0 Å². The van der Waals surface area contributed by atoms with Gasteiger partial charge in [-0.25, -0.2) is 0 Å². The molecular weight excluding hydrogens is 274 g/mol. The first-order valence-electron chi connectivity index (χ1n) is 7.85. The molecule has 1 aliphatic carbocycles. The predicted molar refractivity (Wildman–Crippen MR) is 92.9 cm³/mol. The summed E-state index contributed by atoms with van der Waals surface area (Å²) in [5.74, 6) is 0. The van der Waals surface area contributed by atoms with E-state index in [1.165, 1.54) is 40.8 Å². The van der Waals surface area contributed by atoms with E-state index in [-0.39, 0.29) is 6.04 Å². The van der Waals surface area contributed by atoms with Crippen molar-refractivity contribution in [3.05, 3.63) is 45.8 Å². The van der Waals surface area contributed by atoms with Crippen LogP contribution in [0.4, 0.5) is 0 Å². The molecule has 0 saturated heterocycles. The lowest BCUT2D eigenvalue weighted by molar-refractivity contribution is 0.317. The van der Waals surface area contributed by atoms with Gasteiger partial charge >= 0.3 is 0 Å². The molecule has 21 heavy (non-hydrogen) atoms. The Morgan fingerprint density at radius 2 is 1.95 bits per heavy atom. The van der Waals surface area contributed by atoms with Crippen LogP contribution in [0.1, 0.15) is 54.8 Å². The number of rotatable bonds is 2. The van der Waals surface area contributed by atoms with Gasteiger partial charge in [0.25, 0.3) is 0 Å². The van der Waals surface area contributed by atoms with Crippen LogP contribution < -0.4 is 5.73 Å². The van der Waals surface area contributed by atoms with Gasteiger partial charge in [-0.05, 0) is 60.8 Å². The van der Waals surface area contributed by atoms with Gasteiger partial charge in [-0.15, -0.1) is 11.3 Å². The third-order valence-corrected chi connectivity index (χ3v) is 6.16. The van der Waals surface area contributed by atoms with E-state index in [0.717, 1.165) is 0 Å². The van der Waals surface area contributed by atoms with Crippen LogP contribution in [0, 0.1) is 12.3 Å². The molecule has 0 fully saturated rings. The number of benzene rings is 1. The monoisotopic (exact) mass is 299 g/mol. The minimum atomic E-state index is 0.0798. The molecule has 1 atom stereocenters. The van der Waals surface area contributed by atoms with E-state index < -0.39 is 0 Å². The van der Waals surface area contributed by atoms with Crippen LogP contribution in [0.3, 0.4) is 0 Å². The van der Waals surface area contributed by atoms with Crippen LogP contribution in [-0.4, -0.2) is 0 Å². The zero-order valence-corrected chi connectivity index (χ0v) is 14.3. The zero-order valence-electron chi connectivity index (χ0n) is 13.5. The van der Waals surface area contributed by atoms with E-state index in [1.807, 2.05) is 11.3 Å². The van der Waals surface area contributed by atoms with Crippen molar-refractivity contribution in [1.82, 2.24) is 0 Å². The summed E-state index contributed by atoms with van der Waals surface area (Å²) in [6.07, 6.45) is 3.74. The maximum absolute atomic E-state index is 6.17. The molecule has 0 aliphatic heterocycles. The Kier molecular flexibility index (Phi) is 3.71. The number of nitrogens with two attached hydrogens (primary N) is 1. The molecule has 0 unspecified atom stereocenters. The summed E-state index contributed by atoms with van der Waals surface area (Å²) in [7, 11) is 0. The number of thiophene rings is 1. The molecule has 1 heterocycles. The van der Waals surface area contributed by atoms with Crippen molar-refractivity contribution in [2.24, 2.45) is 11.1 Å². The Balaban J connectivity index is 2.12. The molecule has 3 rings (SSSR count). The predicted octanol–water partition coefficient (Wildman–Crippen LogP) is 5.26. The lowest BCUT2D eigenvalue weighted by Gasteiger charge is -2.29. The molecule has 0 radical (unpaired) electrons. The van der Waals surface area contributed by atoms with E-state index in [2.05, 4.69) is 52.0 Å². The first kappa shape index (κ1) is 14.8. The van der Waals surface area contributed by atoms with Crippen LogP contribution in [0.25, 0.3) is 10.4 Å². The number of aryl methyl sites for hydroxylation is 1. The van der Waals surface area contributed by atoms with Crippen molar-refractivity contribution < 1.29 is 0 Å². The highest BCUT2D eigenvalue weighted by Gasteiger charge is 2.29. The summed E-state index contributed by atoms with van der Waals surface area (Å²) in [6.45, 7) is 9.15. The fourth-order valence-corrected chi connectivity index (χ4v) is 4.79. The van der Waals surface area contributed by atoms with Crippen LogP contribution in [-0.2, 0) is 12.8 Å². The number of hydrogen-bond acceptors (Lipinski definition) is 2. The van der Waals surface area contributed by atoms with E-state index >= 15 is 0 Å². The van der Waals surface area contributed by atoms with Gasteiger partial charge < -0.3 is 5.73 Å². The van der Waals surface area contributed by atoms with E-state index in [0.29, 0.717) is 5.41 Å². The van der Waals surface area contributed by atoms with Crippen LogP contribution in [0.15, 0.2) is 24.3 Å². The summed E-state index contributed by atoms with van der Waals surface area (Å²) >= 11 is 1.99. The average molecular weight is 299 g/mol. The molecule has 0 spiro atoms. The molecule has 2 aromatic rings. The first-order valence-corrected chi connectivity index (χ1v) is 8.67. The molecule has 1 aromatic heterocycles. The smallest absolute Gasteiger partial charge is 0.0381 e. The number of hydrogen-bond donors (Lipinski definition) is 1. The lowest BCUT2D eigenvalue weighted by atomic mass is 9.76. The second-order valence-electron chi connectivity index (χ2n) is 7.17. The molecule has 1 aliphatic rings. The second-order valence-corrected chi connectivity index (χ2v) is 8.28. The summed E-state index contributed by atoms with van der Waals surface area (Å²) < 4.78 is 0. The van der Waals surface area contributed by atoms with Crippen LogP contribution in [0.5, 0.6) is 0 Å². The summed E-state index contributed by atoms with van der Waals surface area (Å²) in [6, 6.07) is 8.70. The van der Waals surface area contributed by atoms with Crippen molar-refractivity contribution >= 4 is 11.3 Å². The Labute approximate surface area is 132 Å².